The summed E-state index contributed by atoms with van der Waals surface area (Å²) >= 11 is 0. The van der Waals surface area contributed by atoms with Crippen molar-refractivity contribution >= 4 is 27.5 Å². The second kappa shape index (κ2) is 10.4. The zero-order valence-electron chi connectivity index (χ0n) is 18.8. The van der Waals surface area contributed by atoms with Crippen LogP contribution in [0.3, 0.4) is 0 Å². The second-order valence-electron chi connectivity index (χ2n) is 8.41. The Balaban J connectivity index is 1.30. The molecule has 0 bridgehead atoms. The van der Waals surface area contributed by atoms with E-state index < -0.39 is 10.0 Å². The van der Waals surface area contributed by atoms with E-state index >= 15 is 0 Å². The molecule has 2 aliphatic rings. The average molecular weight is 471 g/mol. The molecule has 0 aromatic heterocycles. The number of fused-ring (bicyclic) bond motifs is 1. The molecule has 0 aliphatic carbocycles. The molecule has 9 heteroatoms. The minimum absolute atomic E-state index is 0.120. The van der Waals surface area contributed by atoms with Crippen molar-refractivity contribution in [3.8, 4) is 5.75 Å². The van der Waals surface area contributed by atoms with Crippen molar-refractivity contribution in [2.24, 2.45) is 4.99 Å². The van der Waals surface area contributed by atoms with Crippen molar-refractivity contribution < 1.29 is 17.9 Å². The van der Waals surface area contributed by atoms with Crippen molar-refractivity contribution in [3.05, 3.63) is 53.6 Å². The molecule has 0 saturated carbocycles. The molecule has 4 rings (SSSR count). The fourth-order valence-corrected chi connectivity index (χ4v) is 5.41. The van der Waals surface area contributed by atoms with Crippen molar-refractivity contribution in [2.75, 3.05) is 31.6 Å². The Kier molecular flexibility index (Phi) is 7.29. The maximum Gasteiger partial charge on any atom is 0.263 e. The third kappa shape index (κ3) is 6.11. The lowest BCUT2D eigenvalue weighted by Crippen LogP contribution is -2.29. The number of nitrogens with one attached hydrogen (secondary N) is 2. The smallest absolute Gasteiger partial charge is 0.263 e. The number of anilines is 1. The molecule has 0 radical (unpaired) electrons. The minimum Gasteiger partial charge on any atom is -0.494 e. The van der Waals surface area contributed by atoms with Gasteiger partial charge < -0.3 is 10.1 Å². The van der Waals surface area contributed by atoms with Gasteiger partial charge in [0.2, 0.25) is 5.91 Å². The minimum atomic E-state index is -3.68. The van der Waals surface area contributed by atoms with Crippen LogP contribution >= 0.6 is 0 Å². The Morgan fingerprint density at radius 1 is 1.15 bits per heavy atom. The fourth-order valence-electron chi connectivity index (χ4n) is 4.13. The summed E-state index contributed by atoms with van der Waals surface area (Å²) in [4.78, 5) is 18.3. The highest BCUT2D eigenvalue weighted by molar-refractivity contribution is 7.90. The standard InChI is InChI=1S/C24H30N4O4S/c1-18(29)26-20-9-10-22-23(16-20)33(30,31)27-24(22)25-11-6-14-32-21-8-5-7-19(15-21)17-28-12-3-2-4-13-28/h5,7-10,15-16H,2-4,6,11-14,17H2,1H3,(H,25,27)(H,26,29). The Labute approximate surface area is 195 Å². The van der Waals surface area contributed by atoms with Gasteiger partial charge in [0.1, 0.15) is 16.5 Å². The number of hydrogen-bond donors (Lipinski definition) is 2. The first-order chi connectivity index (χ1) is 15.9. The van der Waals surface area contributed by atoms with E-state index in [4.69, 9.17) is 4.74 Å². The highest BCUT2D eigenvalue weighted by Crippen LogP contribution is 2.26. The number of ether oxygens (including phenoxy) is 1. The van der Waals surface area contributed by atoms with Crippen molar-refractivity contribution in [1.29, 1.82) is 0 Å². The molecule has 176 valence electrons. The van der Waals surface area contributed by atoms with Crippen LogP contribution in [0.15, 0.2) is 52.4 Å². The van der Waals surface area contributed by atoms with E-state index in [0.717, 1.165) is 25.4 Å². The number of aliphatic imine (C=N–C) groups is 1. The average Bonchev–Trinajstić information content (AvgIpc) is 3.04. The van der Waals surface area contributed by atoms with Gasteiger partial charge >= 0.3 is 0 Å². The first kappa shape index (κ1) is 23.3. The number of carbonyl (C=O) groups excluding carboxylic acids is 1. The number of carbonyl (C=O) groups is 1. The third-order valence-electron chi connectivity index (χ3n) is 5.67. The quantitative estimate of drug-likeness (QED) is 0.578. The van der Waals surface area contributed by atoms with E-state index in [2.05, 4.69) is 32.1 Å². The number of piperidine rings is 1. The Hall–Kier alpha value is -2.91. The van der Waals surface area contributed by atoms with Crippen LogP contribution < -0.4 is 14.8 Å². The molecule has 1 amide bonds. The zero-order valence-corrected chi connectivity index (χ0v) is 19.7. The van der Waals surface area contributed by atoms with E-state index in [1.165, 1.54) is 37.8 Å². The fraction of sp³-hybridized carbons (Fsp3) is 0.417. The molecule has 8 nitrogen and oxygen atoms in total. The summed E-state index contributed by atoms with van der Waals surface area (Å²) in [7, 11) is -3.68. The SMILES string of the molecule is CC(=O)Nc1ccc2c(c1)S(=O)(=O)NC2=NCCCOc1cccc(CN2CCCCC2)c1. The van der Waals surface area contributed by atoms with Crippen LogP contribution in [-0.4, -0.2) is 51.3 Å². The third-order valence-corrected chi connectivity index (χ3v) is 7.05. The van der Waals surface area contributed by atoms with Crippen LogP contribution in [0.5, 0.6) is 5.75 Å². The Morgan fingerprint density at radius 3 is 2.76 bits per heavy atom. The maximum absolute atomic E-state index is 12.4. The number of likely N-dealkylation sites (tertiary alicyclic amines) is 1. The van der Waals surface area contributed by atoms with Gasteiger partial charge in [-0.2, -0.15) is 0 Å². The molecular formula is C24H30N4O4S. The summed E-state index contributed by atoms with van der Waals surface area (Å²) < 4.78 is 33.2. The molecule has 0 spiro atoms. The summed E-state index contributed by atoms with van der Waals surface area (Å²) in [6.07, 6.45) is 4.53. The van der Waals surface area contributed by atoms with Gasteiger partial charge in [-0.1, -0.05) is 18.6 Å². The number of sulfonamides is 1. The lowest BCUT2D eigenvalue weighted by Gasteiger charge is -2.26. The number of amidine groups is 1. The van der Waals surface area contributed by atoms with Crippen molar-refractivity contribution in [2.45, 2.75) is 44.0 Å². The van der Waals surface area contributed by atoms with E-state index in [-0.39, 0.29) is 10.8 Å². The van der Waals surface area contributed by atoms with Gasteiger partial charge in [0.15, 0.2) is 0 Å². The number of amides is 1. The molecule has 2 aromatic rings. The van der Waals surface area contributed by atoms with Gasteiger partial charge in [-0.3, -0.25) is 19.4 Å². The molecule has 0 atom stereocenters. The highest BCUT2D eigenvalue weighted by atomic mass is 32.2. The predicted molar refractivity (Wildman–Crippen MR) is 128 cm³/mol. The van der Waals surface area contributed by atoms with Crippen molar-refractivity contribution in [3.63, 3.8) is 0 Å². The first-order valence-electron chi connectivity index (χ1n) is 11.3. The molecule has 2 aliphatic heterocycles. The summed E-state index contributed by atoms with van der Waals surface area (Å²) in [6.45, 7) is 5.57. The molecule has 2 heterocycles. The summed E-state index contributed by atoms with van der Waals surface area (Å²) in [5, 5.41) is 2.60. The normalized spacial score (nSPS) is 18.5. The highest BCUT2D eigenvalue weighted by Gasteiger charge is 2.31. The maximum atomic E-state index is 12.4. The van der Waals surface area contributed by atoms with E-state index in [0.29, 0.717) is 36.7 Å². The summed E-state index contributed by atoms with van der Waals surface area (Å²) in [5.74, 6) is 0.904. The van der Waals surface area contributed by atoms with Gasteiger partial charge in [-0.05, 0) is 61.8 Å². The molecule has 33 heavy (non-hydrogen) atoms. The monoisotopic (exact) mass is 470 g/mol. The lowest BCUT2D eigenvalue weighted by molar-refractivity contribution is -0.114. The van der Waals surface area contributed by atoms with Gasteiger partial charge in [0, 0.05) is 37.7 Å². The molecular weight excluding hydrogens is 440 g/mol. The van der Waals surface area contributed by atoms with E-state index in [1.807, 2.05) is 12.1 Å². The topological polar surface area (TPSA) is 100 Å². The number of rotatable bonds is 8. The summed E-state index contributed by atoms with van der Waals surface area (Å²) in [6, 6.07) is 13.0. The van der Waals surface area contributed by atoms with Gasteiger partial charge in [0.05, 0.1) is 6.61 Å². The molecule has 2 N–H and O–H groups in total. The number of nitrogens with zero attached hydrogens (tertiary/aromatic N) is 2. The Bertz CT molecular complexity index is 1140. The second-order valence-corrected chi connectivity index (χ2v) is 10.1. The largest absolute Gasteiger partial charge is 0.494 e. The molecule has 1 fully saturated rings. The van der Waals surface area contributed by atoms with Gasteiger partial charge in [-0.25, -0.2) is 8.42 Å². The first-order valence-corrected chi connectivity index (χ1v) is 12.8. The lowest BCUT2D eigenvalue weighted by atomic mass is 10.1. The van der Waals surface area contributed by atoms with E-state index in [9.17, 15) is 13.2 Å². The van der Waals surface area contributed by atoms with Gasteiger partial charge in [-0.15, -0.1) is 0 Å². The van der Waals surface area contributed by atoms with Crippen LogP contribution in [0.4, 0.5) is 5.69 Å². The number of benzene rings is 2. The van der Waals surface area contributed by atoms with Crippen LogP contribution in [0.25, 0.3) is 0 Å². The molecule has 1 saturated heterocycles. The number of hydrogen-bond acceptors (Lipinski definition) is 6. The molecule has 2 aromatic carbocycles. The zero-order chi connectivity index (χ0) is 23.3. The predicted octanol–water partition coefficient (Wildman–Crippen LogP) is 3.14. The van der Waals surface area contributed by atoms with Crippen LogP contribution in [0.1, 0.15) is 43.7 Å². The summed E-state index contributed by atoms with van der Waals surface area (Å²) in [5.41, 5.74) is 2.20. The van der Waals surface area contributed by atoms with E-state index in [1.54, 1.807) is 12.1 Å². The van der Waals surface area contributed by atoms with Crippen molar-refractivity contribution in [1.82, 2.24) is 9.62 Å². The van der Waals surface area contributed by atoms with Crippen LogP contribution in [0.2, 0.25) is 0 Å². The van der Waals surface area contributed by atoms with Gasteiger partial charge in [0.25, 0.3) is 10.0 Å². The Morgan fingerprint density at radius 2 is 1.97 bits per heavy atom. The van der Waals surface area contributed by atoms with Crippen LogP contribution in [-0.2, 0) is 21.4 Å². The molecule has 0 unspecified atom stereocenters. The van der Waals surface area contributed by atoms with Crippen LogP contribution in [0, 0.1) is 0 Å².